The number of rotatable bonds is 5. The van der Waals surface area contributed by atoms with E-state index in [1.54, 1.807) is 9.58 Å². The summed E-state index contributed by atoms with van der Waals surface area (Å²) in [5.41, 5.74) is 0.725. The van der Waals surface area contributed by atoms with Gasteiger partial charge in [-0.2, -0.15) is 5.10 Å². The van der Waals surface area contributed by atoms with Gasteiger partial charge in [0.15, 0.2) is 0 Å². The maximum Gasteiger partial charge on any atom is 0.277 e. The number of carbonyl (C=O) groups excluding carboxylic acids is 2. The highest BCUT2D eigenvalue weighted by Gasteiger charge is 2.49. The Morgan fingerprint density at radius 2 is 1.74 bits per heavy atom. The van der Waals surface area contributed by atoms with Crippen LogP contribution in [-0.4, -0.2) is 39.8 Å². The molecule has 1 fully saturated rings. The second kappa shape index (κ2) is 10.0. The van der Waals surface area contributed by atoms with Crippen molar-refractivity contribution in [3.05, 3.63) is 41.7 Å². The standard InChI is InChI=1S/C28H40N4O3/c1-6-35-22-16-14-21(15-17-22)32-25(33)23-18-24(27(2,3)4)30-31(23)19-28(32,5)26(34)29-20-12-10-8-7-9-11-13-20/h14-18,20H,6-13,19H2,1-5H3,(H,29,34)/t28-/m1/s1. The van der Waals surface area contributed by atoms with Crippen molar-refractivity contribution in [2.24, 2.45) is 0 Å². The zero-order valence-corrected chi connectivity index (χ0v) is 21.9. The molecule has 190 valence electrons. The largest absolute Gasteiger partial charge is 0.494 e. The van der Waals surface area contributed by atoms with Gasteiger partial charge in [-0.3, -0.25) is 19.2 Å². The van der Waals surface area contributed by atoms with Crippen molar-refractivity contribution in [3.8, 4) is 5.75 Å². The minimum atomic E-state index is -1.11. The number of amides is 2. The summed E-state index contributed by atoms with van der Waals surface area (Å²) in [6, 6.07) is 9.44. The van der Waals surface area contributed by atoms with E-state index in [9.17, 15) is 9.59 Å². The molecule has 7 heteroatoms. The van der Waals surface area contributed by atoms with Crippen LogP contribution >= 0.6 is 0 Å². The molecule has 1 aliphatic heterocycles. The molecule has 1 aromatic heterocycles. The Morgan fingerprint density at radius 3 is 2.34 bits per heavy atom. The van der Waals surface area contributed by atoms with Crippen LogP contribution in [0.1, 0.15) is 95.7 Å². The van der Waals surface area contributed by atoms with E-state index in [1.807, 2.05) is 44.2 Å². The molecule has 7 nitrogen and oxygen atoms in total. The normalized spacial score (nSPS) is 21.7. The molecule has 0 bridgehead atoms. The Hall–Kier alpha value is -2.83. The second-order valence-corrected chi connectivity index (χ2v) is 11.2. The summed E-state index contributed by atoms with van der Waals surface area (Å²) in [5, 5.41) is 8.08. The zero-order chi connectivity index (χ0) is 25.2. The predicted molar refractivity (Wildman–Crippen MR) is 138 cm³/mol. The van der Waals surface area contributed by atoms with E-state index >= 15 is 0 Å². The fraction of sp³-hybridized carbons (Fsp3) is 0.607. The lowest BCUT2D eigenvalue weighted by Gasteiger charge is -2.43. The minimum Gasteiger partial charge on any atom is -0.494 e. The van der Waals surface area contributed by atoms with Crippen molar-refractivity contribution in [2.75, 3.05) is 11.5 Å². The number of fused-ring (bicyclic) bond motifs is 1. The molecule has 4 rings (SSSR count). The Bertz CT molecular complexity index is 1050. The second-order valence-electron chi connectivity index (χ2n) is 11.2. The van der Waals surface area contributed by atoms with Crippen LogP contribution in [0.15, 0.2) is 30.3 Å². The molecule has 1 N–H and O–H groups in total. The number of hydrogen-bond acceptors (Lipinski definition) is 4. The number of ether oxygens (including phenoxy) is 1. The highest BCUT2D eigenvalue weighted by atomic mass is 16.5. The van der Waals surface area contributed by atoms with Crippen LogP contribution in [0.25, 0.3) is 0 Å². The van der Waals surface area contributed by atoms with Gasteiger partial charge >= 0.3 is 0 Å². The third-order valence-corrected chi connectivity index (χ3v) is 7.26. The van der Waals surface area contributed by atoms with Gasteiger partial charge in [0.1, 0.15) is 17.0 Å². The summed E-state index contributed by atoms with van der Waals surface area (Å²) in [6.45, 7) is 10.9. The lowest BCUT2D eigenvalue weighted by molar-refractivity contribution is -0.127. The molecule has 0 radical (unpaired) electrons. The third kappa shape index (κ3) is 5.24. The van der Waals surface area contributed by atoms with E-state index in [0.29, 0.717) is 24.5 Å². The number of nitrogens with zero attached hydrogens (tertiary/aromatic N) is 3. The van der Waals surface area contributed by atoms with E-state index in [-0.39, 0.29) is 23.3 Å². The fourth-order valence-corrected chi connectivity index (χ4v) is 5.15. The molecule has 1 aromatic carbocycles. The Kier molecular flexibility index (Phi) is 7.25. The van der Waals surface area contributed by atoms with Crippen molar-refractivity contribution < 1.29 is 14.3 Å². The average molecular weight is 481 g/mol. The summed E-state index contributed by atoms with van der Waals surface area (Å²) in [7, 11) is 0. The lowest BCUT2D eigenvalue weighted by Crippen LogP contribution is -2.65. The maximum absolute atomic E-state index is 13.9. The van der Waals surface area contributed by atoms with Gasteiger partial charge in [0, 0.05) is 17.1 Å². The first-order chi connectivity index (χ1) is 16.6. The first-order valence-corrected chi connectivity index (χ1v) is 13.1. The number of benzene rings is 1. The molecule has 35 heavy (non-hydrogen) atoms. The third-order valence-electron chi connectivity index (χ3n) is 7.26. The summed E-state index contributed by atoms with van der Waals surface area (Å²) in [4.78, 5) is 29.5. The fourth-order valence-electron chi connectivity index (χ4n) is 5.15. The highest BCUT2D eigenvalue weighted by Crippen LogP contribution is 2.35. The minimum absolute atomic E-state index is 0.122. The molecular formula is C28H40N4O3. The van der Waals surface area contributed by atoms with Crippen molar-refractivity contribution in [1.82, 2.24) is 15.1 Å². The molecule has 0 spiro atoms. The molecule has 2 amide bonds. The van der Waals surface area contributed by atoms with Crippen molar-refractivity contribution in [3.63, 3.8) is 0 Å². The van der Waals surface area contributed by atoms with E-state index < -0.39 is 5.54 Å². The molecule has 1 aliphatic carbocycles. The quantitative estimate of drug-likeness (QED) is 0.636. The van der Waals surface area contributed by atoms with Gasteiger partial charge in [-0.25, -0.2) is 0 Å². The van der Waals surface area contributed by atoms with Crippen LogP contribution in [0.5, 0.6) is 5.75 Å². The van der Waals surface area contributed by atoms with E-state index in [0.717, 1.165) is 37.1 Å². The van der Waals surface area contributed by atoms with Crippen LogP contribution in [0.3, 0.4) is 0 Å². The summed E-state index contributed by atoms with van der Waals surface area (Å²) in [6.07, 6.45) is 7.93. The maximum atomic E-state index is 13.9. The van der Waals surface area contributed by atoms with Crippen LogP contribution in [0.2, 0.25) is 0 Å². The van der Waals surface area contributed by atoms with Crippen LogP contribution in [0.4, 0.5) is 5.69 Å². The van der Waals surface area contributed by atoms with Gasteiger partial charge in [-0.05, 0) is 57.0 Å². The smallest absolute Gasteiger partial charge is 0.277 e. The van der Waals surface area contributed by atoms with Crippen LogP contribution in [0, 0.1) is 0 Å². The topological polar surface area (TPSA) is 76.5 Å². The monoisotopic (exact) mass is 480 g/mol. The molecule has 0 saturated heterocycles. The Balaban J connectivity index is 1.71. The predicted octanol–water partition coefficient (Wildman–Crippen LogP) is 5.23. The molecule has 0 unspecified atom stereocenters. The Morgan fingerprint density at radius 1 is 1.11 bits per heavy atom. The number of anilines is 1. The first kappa shape index (κ1) is 25.3. The van der Waals surface area contributed by atoms with Gasteiger partial charge in [0.2, 0.25) is 5.91 Å². The molecule has 2 heterocycles. The Labute approximate surface area is 209 Å². The average Bonchev–Trinajstić information content (AvgIpc) is 3.21. The number of aromatic nitrogens is 2. The van der Waals surface area contributed by atoms with Crippen LogP contribution in [-0.2, 0) is 16.8 Å². The molecular weight excluding hydrogens is 440 g/mol. The van der Waals surface area contributed by atoms with Gasteiger partial charge in [0.05, 0.1) is 18.8 Å². The highest BCUT2D eigenvalue weighted by molar-refractivity contribution is 6.11. The molecule has 1 saturated carbocycles. The number of nitrogens with one attached hydrogen (secondary N) is 1. The molecule has 1 atom stereocenters. The van der Waals surface area contributed by atoms with Crippen LogP contribution < -0.4 is 15.0 Å². The summed E-state index contributed by atoms with van der Waals surface area (Å²) in [5.74, 6) is 0.406. The van der Waals surface area contributed by atoms with E-state index in [1.165, 1.54) is 19.3 Å². The van der Waals surface area contributed by atoms with Crippen molar-refractivity contribution in [1.29, 1.82) is 0 Å². The van der Waals surface area contributed by atoms with Crippen molar-refractivity contribution >= 4 is 17.5 Å². The van der Waals surface area contributed by atoms with Gasteiger partial charge < -0.3 is 10.1 Å². The van der Waals surface area contributed by atoms with E-state index in [2.05, 4.69) is 26.1 Å². The molecule has 2 aliphatic rings. The molecule has 2 aromatic rings. The SMILES string of the molecule is CCOc1ccc(N2C(=O)c3cc(C(C)(C)C)nn3C[C@]2(C)C(=O)NC2CCCCCCC2)cc1. The summed E-state index contributed by atoms with van der Waals surface area (Å²) < 4.78 is 7.33. The van der Waals surface area contributed by atoms with E-state index in [4.69, 9.17) is 9.84 Å². The van der Waals surface area contributed by atoms with Gasteiger partial charge in [-0.15, -0.1) is 0 Å². The number of carbonyl (C=O) groups is 2. The van der Waals surface area contributed by atoms with Crippen molar-refractivity contribution in [2.45, 2.75) is 103 Å². The zero-order valence-electron chi connectivity index (χ0n) is 21.9. The summed E-state index contributed by atoms with van der Waals surface area (Å²) >= 11 is 0. The van der Waals surface area contributed by atoms with Gasteiger partial charge in [-0.1, -0.05) is 52.9 Å². The van der Waals surface area contributed by atoms with Gasteiger partial charge in [0.25, 0.3) is 5.91 Å². The first-order valence-electron chi connectivity index (χ1n) is 13.1. The lowest BCUT2D eigenvalue weighted by atomic mass is 9.90. The number of hydrogen-bond donors (Lipinski definition) is 1.